The monoisotopic (exact) mass is 170 g/mol. The van der Waals surface area contributed by atoms with Gasteiger partial charge in [-0.25, -0.2) is 0 Å². The molecule has 2 heterocycles. The van der Waals surface area contributed by atoms with Crippen LogP contribution >= 0.6 is 0 Å². The van der Waals surface area contributed by atoms with Crippen LogP contribution in [-0.4, -0.2) is 44.3 Å². The topological polar surface area (TPSA) is 38.5 Å². The summed E-state index contributed by atoms with van der Waals surface area (Å²) in [7, 11) is 0. The molecule has 0 amide bonds. The minimum Gasteiger partial charge on any atom is -0.381 e. The molecule has 3 nitrogen and oxygen atoms in total. The first kappa shape index (κ1) is 8.48. The highest BCUT2D eigenvalue weighted by Gasteiger charge is 2.36. The third-order valence-corrected chi connectivity index (χ3v) is 2.99. The molecule has 2 N–H and O–H groups in total. The molecule has 2 aliphatic heterocycles. The van der Waals surface area contributed by atoms with Gasteiger partial charge in [0.1, 0.15) is 0 Å². The molecule has 3 heteroatoms. The summed E-state index contributed by atoms with van der Waals surface area (Å²) in [4.78, 5) is 2.53. The van der Waals surface area contributed by atoms with Crippen molar-refractivity contribution in [3.8, 4) is 0 Å². The minimum atomic E-state index is 0.822. The van der Waals surface area contributed by atoms with Crippen LogP contribution < -0.4 is 5.73 Å². The molecule has 2 atom stereocenters. The molecule has 0 unspecified atom stereocenters. The molecule has 2 aliphatic rings. The molecule has 0 aromatic rings. The first-order chi connectivity index (χ1) is 5.90. The minimum absolute atomic E-state index is 0.822. The maximum atomic E-state index is 5.47. The van der Waals surface area contributed by atoms with E-state index in [1.54, 1.807) is 0 Å². The van der Waals surface area contributed by atoms with Crippen LogP contribution in [0, 0.1) is 11.8 Å². The third kappa shape index (κ3) is 1.63. The quantitative estimate of drug-likeness (QED) is 0.643. The molecule has 0 aromatic heterocycles. The van der Waals surface area contributed by atoms with Crippen LogP contribution in [0.1, 0.15) is 6.42 Å². The zero-order chi connectivity index (χ0) is 8.39. The van der Waals surface area contributed by atoms with E-state index >= 15 is 0 Å². The molecule has 0 aromatic carbocycles. The van der Waals surface area contributed by atoms with E-state index in [9.17, 15) is 0 Å². The van der Waals surface area contributed by atoms with Crippen molar-refractivity contribution in [3.63, 3.8) is 0 Å². The van der Waals surface area contributed by atoms with Gasteiger partial charge in [0.25, 0.3) is 0 Å². The lowest BCUT2D eigenvalue weighted by atomic mass is 10.0. The molecule has 2 fully saturated rings. The first-order valence-electron chi connectivity index (χ1n) is 4.90. The van der Waals surface area contributed by atoms with Crippen molar-refractivity contribution in [2.24, 2.45) is 17.6 Å². The van der Waals surface area contributed by atoms with Gasteiger partial charge >= 0.3 is 0 Å². The van der Waals surface area contributed by atoms with E-state index in [0.29, 0.717) is 0 Å². The predicted molar refractivity (Wildman–Crippen MR) is 47.9 cm³/mol. The average Bonchev–Trinajstić information content (AvgIpc) is 2.58. The fourth-order valence-electron chi connectivity index (χ4n) is 2.28. The molecule has 0 bridgehead atoms. The molecule has 2 rings (SSSR count). The summed E-state index contributed by atoms with van der Waals surface area (Å²) in [5.74, 6) is 1.64. The van der Waals surface area contributed by atoms with Gasteiger partial charge in [0.15, 0.2) is 0 Å². The normalized spacial score (nSPS) is 35.8. The maximum Gasteiger partial charge on any atom is 0.0510 e. The van der Waals surface area contributed by atoms with Gasteiger partial charge in [0.05, 0.1) is 13.2 Å². The van der Waals surface area contributed by atoms with Gasteiger partial charge in [-0.3, -0.25) is 0 Å². The van der Waals surface area contributed by atoms with Crippen LogP contribution in [0.5, 0.6) is 0 Å². The molecule has 0 spiro atoms. The molecule has 2 saturated heterocycles. The fourth-order valence-corrected chi connectivity index (χ4v) is 2.28. The first-order valence-corrected chi connectivity index (χ1v) is 4.90. The Morgan fingerprint density at radius 1 is 1.25 bits per heavy atom. The highest BCUT2D eigenvalue weighted by Crippen LogP contribution is 2.28. The van der Waals surface area contributed by atoms with Crippen molar-refractivity contribution in [3.05, 3.63) is 0 Å². The summed E-state index contributed by atoms with van der Waals surface area (Å²) < 4.78 is 5.41. The smallest absolute Gasteiger partial charge is 0.0510 e. The lowest BCUT2D eigenvalue weighted by molar-refractivity contribution is 0.154. The van der Waals surface area contributed by atoms with Gasteiger partial charge in [0.2, 0.25) is 0 Å². The largest absolute Gasteiger partial charge is 0.381 e. The van der Waals surface area contributed by atoms with Crippen molar-refractivity contribution in [1.29, 1.82) is 0 Å². The van der Waals surface area contributed by atoms with Gasteiger partial charge in [-0.15, -0.1) is 0 Å². The van der Waals surface area contributed by atoms with Crippen molar-refractivity contribution in [2.45, 2.75) is 6.42 Å². The van der Waals surface area contributed by atoms with Crippen LogP contribution in [0.4, 0.5) is 0 Å². The van der Waals surface area contributed by atoms with Crippen LogP contribution in [0.2, 0.25) is 0 Å². The number of rotatable bonds is 3. The Morgan fingerprint density at radius 3 is 2.50 bits per heavy atom. The van der Waals surface area contributed by atoms with Crippen molar-refractivity contribution < 1.29 is 4.74 Å². The zero-order valence-corrected chi connectivity index (χ0v) is 7.54. The van der Waals surface area contributed by atoms with E-state index in [-0.39, 0.29) is 0 Å². The van der Waals surface area contributed by atoms with E-state index in [1.165, 1.54) is 19.6 Å². The Morgan fingerprint density at radius 2 is 1.92 bits per heavy atom. The van der Waals surface area contributed by atoms with Crippen LogP contribution in [-0.2, 0) is 4.74 Å². The number of nitrogens with zero attached hydrogens (tertiary/aromatic N) is 1. The van der Waals surface area contributed by atoms with E-state index in [4.69, 9.17) is 10.5 Å². The lowest BCUT2D eigenvalue weighted by Gasteiger charge is -2.15. The third-order valence-electron chi connectivity index (χ3n) is 2.99. The SMILES string of the molecule is NCCCN1C[C@H]2COC[C@H]2C1. The molecule has 70 valence electrons. The summed E-state index contributed by atoms with van der Waals surface area (Å²) in [6.07, 6.45) is 1.14. The molecule has 0 aliphatic carbocycles. The fraction of sp³-hybridized carbons (Fsp3) is 1.00. The van der Waals surface area contributed by atoms with Gasteiger partial charge < -0.3 is 15.4 Å². The van der Waals surface area contributed by atoms with Gasteiger partial charge in [-0.05, 0) is 19.5 Å². The van der Waals surface area contributed by atoms with Crippen LogP contribution in [0.25, 0.3) is 0 Å². The Bertz CT molecular complexity index is 139. The van der Waals surface area contributed by atoms with Crippen LogP contribution in [0.15, 0.2) is 0 Å². The second-order valence-corrected chi connectivity index (χ2v) is 3.96. The number of likely N-dealkylation sites (tertiary alicyclic amines) is 1. The van der Waals surface area contributed by atoms with Crippen molar-refractivity contribution >= 4 is 0 Å². The summed E-state index contributed by atoms with van der Waals surface area (Å²) in [6, 6.07) is 0. The van der Waals surface area contributed by atoms with Gasteiger partial charge in [-0.1, -0.05) is 0 Å². The lowest BCUT2D eigenvalue weighted by Crippen LogP contribution is -2.25. The second kappa shape index (κ2) is 3.73. The number of ether oxygens (including phenoxy) is 1. The number of fused-ring (bicyclic) bond motifs is 1. The number of nitrogens with two attached hydrogens (primary N) is 1. The molecule has 12 heavy (non-hydrogen) atoms. The van der Waals surface area contributed by atoms with Crippen LogP contribution in [0.3, 0.4) is 0 Å². The van der Waals surface area contributed by atoms with E-state index in [1.807, 2.05) is 0 Å². The predicted octanol–water partition coefficient (Wildman–Crippen LogP) is -0.0866. The van der Waals surface area contributed by atoms with Crippen molar-refractivity contribution in [1.82, 2.24) is 4.90 Å². The molecular weight excluding hydrogens is 152 g/mol. The average molecular weight is 170 g/mol. The second-order valence-electron chi connectivity index (χ2n) is 3.96. The van der Waals surface area contributed by atoms with E-state index in [0.717, 1.165) is 38.0 Å². The van der Waals surface area contributed by atoms with E-state index in [2.05, 4.69) is 4.90 Å². The van der Waals surface area contributed by atoms with Crippen molar-refractivity contribution in [2.75, 3.05) is 39.4 Å². The standard InChI is InChI=1S/C9H18N2O/c10-2-1-3-11-4-8-6-12-7-9(8)5-11/h8-9H,1-7,10H2/t8-,9+. The van der Waals surface area contributed by atoms with Gasteiger partial charge in [-0.2, -0.15) is 0 Å². The maximum absolute atomic E-state index is 5.47. The summed E-state index contributed by atoms with van der Waals surface area (Å²) >= 11 is 0. The Kier molecular flexibility index (Phi) is 2.63. The highest BCUT2D eigenvalue weighted by atomic mass is 16.5. The highest BCUT2D eigenvalue weighted by molar-refractivity contribution is 4.87. The summed E-state index contributed by atoms with van der Waals surface area (Å²) in [6.45, 7) is 6.47. The molecule has 0 radical (unpaired) electrons. The molecule has 0 saturated carbocycles. The zero-order valence-electron chi connectivity index (χ0n) is 7.54. The summed E-state index contributed by atoms with van der Waals surface area (Å²) in [5.41, 5.74) is 5.47. The van der Waals surface area contributed by atoms with E-state index < -0.39 is 0 Å². The molecular formula is C9H18N2O. The number of hydrogen-bond acceptors (Lipinski definition) is 3. The Hall–Kier alpha value is -0.120. The summed E-state index contributed by atoms with van der Waals surface area (Å²) in [5, 5.41) is 0. The van der Waals surface area contributed by atoms with Gasteiger partial charge in [0, 0.05) is 24.9 Å². The Balaban J connectivity index is 1.75. The Labute approximate surface area is 73.9 Å². The number of hydrogen-bond donors (Lipinski definition) is 1.